The van der Waals surface area contributed by atoms with Gasteiger partial charge in [-0.25, -0.2) is 0 Å². The lowest BCUT2D eigenvalue weighted by molar-refractivity contribution is -0.121. The van der Waals surface area contributed by atoms with Crippen LogP contribution in [0.25, 0.3) is 16.8 Å². The van der Waals surface area contributed by atoms with Gasteiger partial charge in [-0.15, -0.1) is 16.8 Å². The number of carbonyl (C=O) groups is 1. The molecular formula is C20H16N4OS2. The number of aryl methyl sites for hydroxylation is 1. The number of fused-ring (bicyclic) bond motifs is 1. The van der Waals surface area contributed by atoms with Gasteiger partial charge in [0.25, 0.3) is 5.91 Å². The molecule has 1 aromatic heterocycles. The minimum Gasteiger partial charge on any atom is -0.282 e. The normalized spacial score (nSPS) is 17.4. The lowest BCUT2D eigenvalue weighted by atomic mass is 10.0. The van der Waals surface area contributed by atoms with Gasteiger partial charge in [0, 0.05) is 6.54 Å². The fourth-order valence-electron chi connectivity index (χ4n) is 2.81. The maximum Gasteiger partial charge on any atom is 0.267 e. The van der Waals surface area contributed by atoms with Crippen LogP contribution in [0, 0.1) is 6.92 Å². The molecule has 1 amide bonds. The molecule has 0 radical (unpaired) electrons. The molecule has 1 aliphatic rings. The average Bonchev–Trinajstić information content (AvgIpc) is 3.21. The largest absolute Gasteiger partial charge is 0.282 e. The summed E-state index contributed by atoms with van der Waals surface area (Å²) in [5.74, 6) is -0.0761. The van der Waals surface area contributed by atoms with Gasteiger partial charge in [-0.2, -0.15) is 4.99 Å². The Labute approximate surface area is 165 Å². The van der Waals surface area contributed by atoms with Crippen molar-refractivity contribution in [2.24, 2.45) is 4.99 Å². The van der Waals surface area contributed by atoms with E-state index in [2.05, 4.69) is 40.0 Å². The van der Waals surface area contributed by atoms with E-state index in [1.54, 1.807) is 11.0 Å². The average molecular weight is 393 g/mol. The number of aromatic nitrogens is 2. The topological polar surface area (TPSA) is 58.5 Å². The number of benzene rings is 2. The van der Waals surface area contributed by atoms with E-state index in [0.717, 1.165) is 21.3 Å². The lowest BCUT2D eigenvalue weighted by Gasteiger charge is -2.11. The minimum atomic E-state index is -0.0761. The molecule has 2 heterocycles. The monoisotopic (exact) mass is 392 g/mol. The Morgan fingerprint density at radius 3 is 2.78 bits per heavy atom. The third kappa shape index (κ3) is 3.56. The third-order valence-corrected chi connectivity index (χ3v) is 5.76. The molecule has 1 aliphatic heterocycles. The molecule has 2 aromatic carbocycles. The van der Waals surface area contributed by atoms with Crippen LogP contribution in [-0.4, -0.2) is 32.7 Å². The van der Waals surface area contributed by atoms with Crippen molar-refractivity contribution >= 4 is 56.2 Å². The molecule has 1 fully saturated rings. The SMILES string of the molecule is C=CCN1C(=O)/C(=C\c2cccc3ccccc23)SC1=Nc1nnc(C)s1. The Kier molecular flexibility index (Phi) is 4.87. The van der Waals surface area contributed by atoms with E-state index in [-0.39, 0.29) is 5.91 Å². The van der Waals surface area contributed by atoms with Crippen LogP contribution in [-0.2, 0) is 4.79 Å². The van der Waals surface area contributed by atoms with Crippen LogP contribution in [0.15, 0.2) is 65.0 Å². The molecule has 7 heteroatoms. The highest BCUT2D eigenvalue weighted by Gasteiger charge is 2.33. The maximum atomic E-state index is 12.9. The zero-order valence-electron chi connectivity index (χ0n) is 14.6. The number of thioether (sulfide) groups is 1. The van der Waals surface area contributed by atoms with Crippen molar-refractivity contribution < 1.29 is 4.79 Å². The Hall–Kier alpha value is -2.77. The standard InChI is InChI=1S/C20H16N4OS2/c1-3-11-24-18(25)17(27-20(24)21-19-23-22-13(2)26-19)12-15-9-6-8-14-7-4-5-10-16(14)15/h3-10,12H,1,11H2,2H3/b17-12+,21-20?. The molecule has 4 rings (SSSR count). The van der Waals surface area contributed by atoms with Gasteiger partial charge < -0.3 is 0 Å². The zero-order valence-corrected chi connectivity index (χ0v) is 16.3. The van der Waals surface area contributed by atoms with E-state index in [1.165, 1.54) is 23.1 Å². The second-order valence-corrected chi connectivity index (χ2v) is 8.05. The first-order chi connectivity index (χ1) is 13.2. The quantitative estimate of drug-likeness (QED) is 0.473. The summed E-state index contributed by atoms with van der Waals surface area (Å²) < 4.78 is 0. The number of hydrogen-bond acceptors (Lipinski definition) is 6. The second-order valence-electron chi connectivity index (χ2n) is 5.88. The summed E-state index contributed by atoms with van der Waals surface area (Å²) in [5.41, 5.74) is 1.01. The zero-order chi connectivity index (χ0) is 18.8. The van der Waals surface area contributed by atoms with E-state index < -0.39 is 0 Å². The highest BCUT2D eigenvalue weighted by atomic mass is 32.2. The van der Waals surface area contributed by atoms with Gasteiger partial charge in [-0.3, -0.25) is 9.69 Å². The Morgan fingerprint density at radius 2 is 2.00 bits per heavy atom. The highest BCUT2D eigenvalue weighted by Crippen LogP contribution is 2.35. The van der Waals surface area contributed by atoms with Crippen LogP contribution < -0.4 is 0 Å². The first kappa shape index (κ1) is 17.6. The molecule has 134 valence electrons. The number of rotatable bonds is 4. The number of nitrogens with zero attached hydrogens (tertiary/aromatic N) is 4. The summed E-state index contributed by atoms with van der Waals surface area (Å²) >= 11 is 2.75. The number of amidine groups is 1. The van der Waals surface area contributed by atoms with Crippen molar-refractivity contribution in [2.75, 3.05) is 6.54 Å². The molecule has 27 heavy (non-hydrogen) atoms. The number of amides is 1. The van der Waals surface area contributed by atoms with Crippen molar-refractivity contribution in [1.29, 1.82) is 0 Å². The van der Waals surface area contributed by atoms with E-state index in [9.17, 15) is 4.79 Å². The van der Waals surface area contributed by atoms with Gasteiger partial charge in [0.15, 0.2) is 5.17 Å². The van der Waals surface area contributed by atoms with Crippen LogP contribution in [0.3, 0.4) is 0 Å². The second kappa shape index (κ2) is 7.46. The number of aliphatic imine (C=N–C) groups is 1. The van der Waals surface area contributed by atoms with Crippen molar-refractivity contribution in [3.63, 3.8) is 0 Å². The third-order valence-electron chi connectivity index (χ3n) is 4.02. The molecule has 0 unspecified atom stereocenters. The van der Waals surface area contributed by atoms with E-state index in [4.69, 9.17) is 0 Å². The van der Waals surface area contributed by atoms with E-state index in [1.807, 2.05) is 37.3 Å². The molecule has 0 bridgehead atoms. The molecule has 5 nitrogen and oxygen atoms in total. The van der Waals surface area contributed by atoms with Gasteiger partial charge in [0.05, 0.1) is 4.91 Å². The first-order valence-electron chi connectivity index (χ1n) is 8.34. The Balaban J connectivity index is 1.75. The maximum absolute atomic E-state index is 12.9. The summed E-state index contributed by atoms with van der Waals surface area (Å²) in [5, 5.41) is 12.3. The van der Waals surface area contributed by atoms with Crippen LogP contribution in [0.5, 0.6) is 0 Å². The fourth-order valence-corrected chi connectivity index (χ4v) is 4.41. The molecule has 0 aliphatic carbocycles. The molecule has 3 aromatic rings. The molecule has 0 N–H and O–H groups in total. The van der Waals surface area contributed by atoms with Crippen molar-refractivity contribution in [3.05, 3.63) is 70.6 Å². The summed E-state index contributed by atoms with van der Waals surface area (Å²) in [6, 6.07) is 14.2. The van der Waals surface area contributed by atoms with Crippen LogP contribution >= 0.6 is 23.1 Å². The van der Waals surface area contributed by atoms with Crippen molar-refractivity contribution in [3.8, 4) is 0 Å². The lowest BCUT2D eigenvalue weighted by Crippen LogP contribution is -2.29. The predicted molar refractivity (Wildman–Crippen MR) is 113 cm³/mol. The Morgan fingerprint density at radius 1 is 1.19 bits per heavy atom. The highest BCUT2D eigenvalue weighted by molar-refractivity contribution is 8.18. The molecular weight excluding hydrogens is 376 g/mol. The van der Waals surface area contributed by atoms with Crippen LogP contribution in [0.1, 0.15) is 10.6 Å². The Bertz CT molecular complexity index is 1090. The van der Waals surface area contributed by atoms with E-state index in [0.29, 0.717) is 21.7 Å². The van der Waals surface area contributed by atoms with E-state index >= 15 is 0 Å². The molecule has 0 atom stereocenters. The van der Waals surface area contributed by atoms with Gasteiger partial charge in [0.2, 0.25) is 5.13 Å². The van der Waals surface area contributed by atoms with Crippen molar-refractivity contribution in [1.82, 2.24) is 15.1 Å². The van der Waals surface area contributed by atoms with Crippen LogP contribution in [0.4, 0.5) is 5.13 Å². The molecule has 0 saturated carbocycles. The first-order valence-corrected chi connectivity index (χ1v) is 9.98. The number of carbonyl (C=O) groups excluding carboxylic acids is 1. The molecule has 0 spiro atoms. The predicted octanol–water partition coefficient (Wildman–Crippen LogP) is 4.79. The molecule has 1 saturated heterocycles. The number of hydrogen-bond donors (Lipinski definition) is 0. The van der Waals surface area contributed by atoms with Gasteiger partial charge in [-0.1, -0.05) is 59.9 Å². The van der Waals surface area contributed by atoms with Gasteiger partial charge in [0.1, 0.15) is 5.01 Å². The summed E-state index contributed by atoms with van der Waals surface area (Å²) in [7, 11) is 0. The van der Waals surface area contributed by atoms with Crippen molar-refractivity contribution in [2.45, 2.75) is 6.92 Å². The fraction of sp³-hybridized carbons (Fsp3) is 0.100. The van der Waals surface area contributed by atoms with Gasteiger partial charge in [-0.05, 0) is 41.1 Å². The summed E-state index contributed by atoms with van der Waals surface area (Å²) in [4.78, 5) is 19.7. The minimum absolute atomic E-state index is 0.0761. The summed E-state index contributed by atoms with van der Waals surface area (Å²) in [6.45, 7) is 6.03. The smallest absolute Gasteiger partial charge is 0.267 e. The summed E-state index contributed by atoms with van der Waals surface area (Å²) in [6.07, 6.45) is 3.62. The van der Waals surface area contributed by atoms with Gasteiger partial charge >= 0.3 is 0 Å². The van der Waals surface area contributed by atoms with Crippen LogP contribution in [0.2, 0.25) is 0 Å².